The number of hydrogen-bond acceptors (Lipinski definition) is 3. The summed E-state index contributed by atoms with van der Waals surface area (Å²) in [5.41, 5.74) is 8.00. The number of benzene rings is 1. The van der Waals surface area contributed by atoms with Crippen molar-refractivity contribution in [2.24, 2.45) is 11.7 Å². The minimum Gasteiger partial charge on any atom is -0.328 e. The molecule has 1 fully saturated rings. The molecule has 2 rings (SSSR count). The molecule has 19 heavy (non-hydrogen) atoms. The second kappa shape index (κ2) is 7.49. The molecule has 0 aliphatic carbocycles. The Kier molecular flexibility index (Phi) is 6.30. The SMILES string of the molecule is CC(N)C1CCCN(Cc2ccc(C#N)cc2)C1.Cl. The average molecular weight is 280 g/mol. The first-order valence-electron chi connectivity index (χ1n) is 6.66. The highest BCUT2D eigenvalue weighted by Gasteiger charge is 2.22. The van der Waals surface area contributed by atoms with Crippen molar-refractivity contribution in [2.75, 3.05) is 13.1 Å². The highest BCUT2D eigenvalue weighted by Crippen LogP contribution is 2.20. The fourth-order valence-corrected chi connectivity index (χ4v) is 2.61. The van der Waals surface area contributed by atoms with E-state index in [4.69, 9.17) is 11.0 Å². The molecule has 0 amide bonds. The lowest BCUT2D eigenvalue weighted by Gasteiger charge is -2.34. The molecule has 0 bridgehead atoms. The Morgan fingerprint density at radius 1 is 1.42 bits per heavy atom. The molecule has 1 aliphatic heterocycles. The number of piperidine rings is 1. The Labute approximate surface area is 121 Å². The number of halogens is 1. The number of nitrogens with zero attached hydrogens (tertiary/aromatic N) is 2. The molecule has 4 heteroatoms. The zero-order valence-corrected chi connectivity index (χ0v) is 12.2. The van der Waals surface area contributed by atoms with Crippen molar-refractivity contribution in [1.29, 1.82) is 5.26 Å². The van der Waals surface area contributed by atoms with Crippen LogP contribution in [0.5, 0.6) is 0 Å². The van der Waals surface area contributed by atoms with Gasteiger partial charge in [-0.05, 0) is 49.9 Å². The minimum atomic E-state index is 0. The first-order chi connectivity index (χ1) is 8.69. The molecule has 104 valence electrons. The molecule has 0 aromatic heterocycles. The molecule has 0 radical (unpaired) electrons. The van der Waals surface area contributed by atoms with E-state index in [9.17, 15) is 0 Å². The number of likely N-dealkylation sites (tertiary alicyclic amines) is 1. The molecule has 0 saturated carbocycles. The topological polar surface area (TPSA) is 53.0 Å². The fourth-order valence-electron chi connectivity index (χ4n) is 2.61. The van der Waals surface area contributed by atoms with Gasteiger partial charge in [0.15, 0.2) is 0 Å². The van der Waals surface area contributed by atoms with E-state index in [1.54, 1.807) is 0 Å². The van der Waals surface area contributed by atoms with Crippen LogP contribution in [-0.2, 0) is 6.54 Å². The van der Waals surface area contributed by atoms with Gasteiger partial charge in [0.1, 0.15) is 0 Å². The summed E-state index contributed by atoms with van der Waals surface area (Å²) in [6, 6.07) is 10.3. The van der Waals surface area contributed by atoms with Crippen molar-refractivity contribution in [3.63, 3.8) is 0 Å². The van der Waals surface area contributed by atoms with Crippen LogP contribution in [0.3, 0.4) is 0 Å². The minimum absolute atomic E-state index is 0. The van der Waals surface area contributed by atoms with Crippen molar-refractivity contribution in [1.82, 2.24) is 4.90 Å². The van der Waals surface area contributed by atoms with E-state index in [2.05, 4.69) is 17.9 Å². The Hall–Kier alpha value is -1.08. The van der Waals surface area contributed by atoms with Gasteiger partial charge in [0.2, 0.25) is 0 Å². The molecule has 1 heterocycles. The second-order valence-electron chi connectivity index (χ2n) is 5.31. The van der Waals surface area contributed by atoms with Crippen LogP contribution < -0.4 is 5.73 Å². The lowest BCUT2D eigenvalue weighted by Crippen LogP contribution is -2.41. The number of hydrogen-bond donors (Lipinski definition) is 1. The largest absolute Gasteiger partial charge is 0.328 e. The quantitative estimate of drug-likeness (QED) is 0.925. The van der Waals surface area contributed by atoms with Gasteiger partial charge in [-0.25, -0.2) is 0 Å². The van der Waals surface area contributed by atoms with Gasteiger partial charge in [-0.15, -0.1) is 12.4 Å². The standard InChI is InChI=1S/C15H21N3.ClH/c1-12(17)15-3-2-8-18(11-15)10-14-6-4-13(9-16)5-7-14;/h4-7,12,15H,2-3,8,10-11,17H2,1H3;1H. The van der Waals surface area contributed by atoms with Gasteiger partial charge < -0.3 is 5.73 Å². The van der Waals surface area contributed by atoms with Crippen LogP contribution in [-0.4, -0.2) is 24.0 Å². The molecular weight excluding hydrogens is 258 g/mol. The normalized spacial score (nSPS) is 21.2. The molecule has 0 spiro atoms. The summed E-state index contributed by atoms with van der Waals surface area (Å²) in [5.74, 6) is 0.622. The van der Waals surface area contributed by atoms with Crippen molar-refractivity contribution < 1.29 is 0 Å². The molecule has 2 unspecified atom stereocenters. The highest BCUT2D eigenvalue weighted by molar-refractivity contribution is 5.85. The smallest absolute Gasteiger partial charge is 0.0991 e. The average Bonchev–Trinajstić information content (AvgIpc) is 2.40. The second-order valence-corrected chi connectivity index (χ2v) is 5.31. The maximum atomic E-state index is 8.77. The van der Waals surface area contributed by atoms with E-state index >= 15 is 0 Å². The summed E-state index contributed by atoms with van der Waals surface area (Å²) in [5, 5.41) is 8.77. The summed E-state index contributed by atoms with van der Waals surface area (Å²) in [6.07, 6.45) is 2.49. The summed E-state index contributed by atoms with van der Waals surface area (Å²) < 4.78 is 0. The van der Waals surface area contributed by atoms with Crippen molar-refractivity contribution in [3.8, 4) is 6.07 Å². The number of nitrogens with two attached hydrogens (primary N) is 1. The monoisotopic (exact) mass is 279 g/mol. The van der Waals surface area contributed by atoms with Crippen LogP contribution in [0.2, 0.25) is 0 Å². The molecule has 1 aromatic rings. The van der Waals surface area contributed by atoms with Gasteiger partial charge >= 0.3 is 0 Å². The van der Waals surface area contributed by atoms with E-state index < -0.39 is 0 Å². The van der Waals surface area contributed by atoms with Gasteiger partial charge in [0.25, 0.3) is 0 Å². The Bertz CT molecular complexity index is 422. The van der Waals surface area contributed by atoms with E-state index in [-0.39, 0.29) is 18.4 Å². The third-order valence-electron chi connectivity index (χ3n) is 3.77. The lowest BCUT2D eigenvalue weighted by molar-refractivity contribution is 0.154. The van der Waals surface area contributed by atoms with E-state index in [0.717, 1.165) is 25.2 Å². The summed E-state index contributed by atoms with van der Waals surface area (Å²) in [7, 11) is 0. The van der Waals surface area contributed by atoms with Crippen LogP contribution in [0.1, 0.15) is 30.9 Å². The van der Waals surface area contributed by atoms with Crippen LogP contribution in [0, 0.1) is 17.2 Å². The van der Waals surface area contributed by atoms with Crippen LogP contribution in [0.4, 0.5) is 0 Å². The molecule has 3 nitrogen and oxygen atoms in total. The molecule has 1 aliphatic rings. The van der Waals surface area contributed by atoms with E-state index in [0.29, 0.717) is 5.92 Å². The molecular formula is C15H22ClN3. The van der Waals surface area contributed by atoms with Gasteiger partial charge in [-0.2, -0.15) is 5.26 Å². The first kappa shape index (κ1) is 16.0. The van der Waals surface area contributed by atoms with Crippen molar-refractivity contribution >= 4 is 12.4 Å². The molecule has 2 atom stereocenters. The zero-order valence-electron chi connectivity index (χ0n) is 11.4. The molecule has 1 saturated heterocycles. The third kappa shape index (κ3) is 4.50. The summed E-state index contributed by atoms with van der Waals surface area (Å²) in [4.78, 5) is 2.47. The van der Waals surface area contributed by atoms with Crippen molar-refractivity contribution in [3.05, 3.63) is 35.4 Å². The summed E-state index contributed by atoms with van der Waals surface area (Å²) in [6.45, 7) is 5.33. The molecule has 2 N–H and O–H groups in total. The van der Waals surface area contributed by atoms with E-state index in [1.807, 2.05) is 24.3 Å². The first-order valence-corrected chi connectivity index (χ1v) is 6.66. The number of nitriles is 1. The maximum Gasteiger partial charge on any atom is 0.0991 e. The van der Waals surface area contributed by atoms with Gasteiger partial charge in [-0.3, -0.25) is 4.90 Å². The predicted molar refractivity (Wildman–Crippen MR) is 80.1 cm³/mol. The molecule has 1 aromatic carbocycles. The zero-order chi connectivity index (χ0) is 13.0. The Morgan fingerprint density at radius 3 is 2.68 bits per heavy atom. The Balaban J connectivity index is 0.00000180. The van der Waals surface area contributed by atoms with Crippen molar-refractivity contribution in [2.45, 2.75) is 32.4 Å². The summed E-state index contributed by atoms with van der Waals surface area (Å²) >= 11 is 0. The van der Waals surface area contributed by atoms with E-state index in [1.165, 1.54) is 18.4 Å². The highest BCUT2D eigenvalue weighted by atomic mass is 35.5. The Morgan fingerprint density at radius 2 is 2.11 bits per heavy atom. The van der Waals surface area contributed by atoms with Gasteiger partial charge in [-0.1, -0.05) is 12.1 Å². The van der Waals surface area contributed by atoms with Crippen LogP contribution in [0.15, 0.2) is 24.3 Å². The predicted octanol–water partition coefficient (Wildman–Crippen LogP) is 2.54. The van der Waals surface area contributed by atoms with Crippen LogP contribution in [0.25, 0.3) is 0 Å². The van der Waals surface area contributed by atoms with Gasteiger partial charge in [0.05, 0.1) is 11.6 Å². The fraction of sp³-hybridized carbons (Fsp3) is 0.533. The van der Waals surface area contributed by atoms with Gasteiger partial charge in [0, 0.05) is 19.1 Å². The third-order valence-corrected chi connectivity index (χ3v) is 3.77. The number of rotatable bonds is 3. The lowest BCUT2D eigenvalue weighted by atomic mass is 9.92. The maximum absolute atomic E-state index is 8.77. The van der Waals surface area contributed by atoms with Crippen LogP contribution >= 0.6 is 12.4 Å².